The maximum atomic E-state index is 10.9. The summed E-state index contributed by atoms with van der Waals surface area (Å²) in [4.78, 5) is 17.3. The van der Waals surface area contributed by atoms with Crippen LogP contribution in [0, 0.1) is 10.1 Å². The Kier molecular flexibility index (Phi) is 5.20. The molecule has 1 aromatic heterocycles. The van der Waals surface area contributed by atoms with E-state index in [1.165, 1.54) is 17.4 Å². The summed E-state index contributed by atoms with van der Waals surface area (Å²) >= 11 is 1.48. The summed E-state index contributed by atoms with van der Waals surface area (Å²) in [5.74, 6) is 0. The number of nitro groups is 1. The lowest BCUT2D eigenvalue weighted by Crippen LogP contribution is -2.48. The third-order valence-electron chi connectivity index (χ3n) is 4.06. The summed E-state index contributed by atoms with van der Waals surface area (Å²) in [5.41, 5.74) is 1.74. The van der Waals surface area contributed by atoms with Gasteiger partial charge in [0.1, 0.15) is 5.01 Å². The Balaban J connectivity index is 1.73. The molecular formula is C16H19N3O4S. The van der Waals surface area contributed by atoms with Crippen molar-refractivity contribution in [3.8, 4) is 10.6 Å². The maximum Gasteiger partial charge on any atom is 0.270 e. The number of aliphatic hydroxyl groups excluding tert-OH is 1. The highest BCUT2D eigenvalue weighted by molar-refractivity contribution is 7.13. The fourth-order valence-corrected chi connectivity index (χ4v) is 3.49. The molecule has 3 rings (SSSR count). The molecule has 0 saturated carbocycles. The van der Waals surface area contributed by atoms with E-state index >= 15 is 0 Å². The van der Waals surface area contributed by atoms with Gasteiger partial charge in [0.2, 0.25) is 0 Å². The molecule has 0 radical (unpaired) electrons. The zero-order valence-corrected chi connectivity index (χ0v) is 14.1. The van der Waals surface area contributed by atoms with Gasteiger partial charge >= 0.3 is 0 Å². The molecule has 128 valence electrons. The number of thiazole rings is 1. The summed E-state index contributed by atoms with van der Waals surface area (Å²) in [5, 5.41) is 22.9. The molecule has 2 aromatic rings. The van der Waals surface area contributed by atoms with Crippen molar-refractivity contribution in [1.82, 2.24) is 9.88 Å². The second-order valence-electron chi connectivity index (χ2n) is 5.87. The maximum absolute atomic E-state index is 10.9. The smallest absolute Gasteiger partial charge is 0.270 e. The molecule has 0 bridgehead atoms. The molecule has 2 heterocycles. The topological polar surface area (TPSA) is 88.7 Å². The molecule has 0 amide bonds. The predicted molar refractivity (Wildman–Crippen MR) is 90.9 cm³/mol. The molecule has 2 unspecified atom stereocenters. The van der Waals surface area contributed by atoms with E-state index < -0.39 is 4.92 Å². The van der Waals surface area contributed by atoms with Crippen molar-refractivity contribution in [3.05, 3.63) is 45.5 Å². The van der Waals surface area contributed by atoms with Gasteiger partial charge in [0, 0.05) is 42.2 Å². The zero-order chi connectivity index (χ0) is 17.1. The predicted octanol–water partition coefficient (Wildman–Crippen LogP) is 2.30. The van der Waals surface area contributed by atoms with Crippen LogP contribution in [0.2, 0.25) is 0 Å². The van der Waals surface area contributed by atoms with Gasteiger partial charge < -0.3 is 9.84 Å². The van der Waals surface area contributed by atoms with E-state index in [0.717, 1.165) is 16.3 Å². The van der Waals surface area contributed by atoms with Crippen molar-refractivity contribution >= 4 is 17.0 Å². The number of benzene rings is 1. The number of rotatable bonds is 5. The molecule has 0 spiro atoms. The first-order valence-electron chi connectivity index (χ1n) is 7.72. The van der Waals surface area contributed by atoms with Crippen molar-refractivity contribution in [1.29, 1.82) is 0 Å². The van der Waals surface area contributed by atoms with Gasteiger partial charge in [0.05, 0.1) is 29.9 Å². The van der Waals surface area contributed by atoms with Crippen LogP contribution < -0.4 is 0 Å². The van der Waals surface area contributed by atoms with Gasteiger partial charge in [0.15, 0.2) is 0 Å². The quantitative estimate of drug-likeness (QED) is 0.658. The number of hydrogen-bond acceptors (Lipinski definition) is 7. The van der Waals surface area contributed by atoms with E-state index in [9.17, 15) is 15.2 Å². The van der Waals surface area contributed by atoms with Gasteiger partial charge in [-0.2, -0.15) is 0 Å². The molecule has 0 aliphatic carbocycles. The second-order valence-corrected chi connectivity index (χ2v) is 6.73. The highest BCUT2D eigenvalue weighted by Crippen LogP contribution is 2.27. The van der Waals surface area contributed by atoms with Gasteiger partial charge in [-0.1, -0.05) is 12.1 Å². The molecule has 8 heteroatoms. The number of hydrogen-bond donors (Lipinski definition) is 1. The van der Waals surface area contributed by atoms with Gasteiger partial charge in [-0.3, -0.25) is 15.0 Å². The lowest BCUT2D eigenvalue weighted by molar-refractivity contribution is -0.384. The summed E-state index contributed by atoms with van der Waals surface area (Å²) in [6.07, 6.45) is -0.156. The largest absolute Gasteiger partial charge is 0.394 e. The fraction of sp³-hybridized carbons (Fsp3) is 0.438. The second kappa shape index (κ2) is 7.35. The van der Waals surface area contributed by atoms with Crippen molar-refractivity contribution < 1.29 is 14.8 Å². The lowest BCUT2D eigenvalue weighted by atomic mass is 10.2. The Morgan fingerprint density at radius 2 is 2.38 bits per heavy atom. The average Bonchev–Trinajstić information content (AvgIpc) is 3.05. The number of nitrogens with zero attached hydrogens (tertiary/aromatic N) is 3. The van der Waals surface area contributed by atoms with Crippen molar-refractivity contribution in [2.45, 2.75) is 25.6 Å². The van der Waals surface area contributed by atoms with Crippen LogP contribution in [0.25, 0.3) is 10.6 Å². The Bertz CT molecular complexity index is 721. The Morgan fingerprint density at radius 1 is 1.54 bits per heavy atom. The molecule has 24 heavy (non-hydrogen) atoms. The lowest BCUT2D eigenvalue weighted by Gasteiger charge is -2.36. The highest BCUT2D eigenvalue weighted by Gasteiger charge is 2.26. The summed E-state index contributed by atoms with van der Waals surface area (Å²) in [6.45, 7) is 4.03. The van der Waals surface area contributed by atoms with Crippen LogP contribution in [-0.4, -0.2) is 51.8 Å². The molecule has 1 aliphatic heterocycles. The van der Waals surface area contributed by atoms with Crippen molar-refractivity contribution in [2.24, 2.45) is 0 Å². The normalized spacial score (nSPS) is 21.8. The van der Waals surface area contributed by atoms with Gasteiger partial charge in [-0.05, 0) is 6.92 Å². The molecule has 1 N–H and O–H groups in total. The van der Waals surface area contributed by atoms with Crippen LogP contribution in [0.15, 0.2) is 29.6 Å². The minimum atomic E-state index is -0.400. The highest BCUT2D eigenvalue weighted by atomic mass is 32.1. The Morgan fingerprint density at radius 3 is 3.12 bits per heavy atom. The van der Waals surface area contributed by atoms with Crippen LogP contribution in [-0.2, 0) is 11.3 Å². The van der Waals surface area contributed by atoms with Gasteiger partial charge in [0.25, 0.3) is 5.69 Å². The number of ether oxygens (including phenoxy) is 1. The first kappa shape index (κ1) is 17.0. The summed E-state index contributed by atoms with van der Waals surface area (Å²) in [6, 6.07) is 6.78. The minimum absolute atomic E-state index is 0.0131. The molecule has 1 fully saturated rings. The summed E-state index contributed by atoms with van der Waals surface area (Å²) in [7, 11) is 0. The molecule has 1 aromatic carbocycles. The van der Waals surface area contributed by atoms with E-state index in [4.69, 9.17) is 4.74 Å². The first-order chi connectivity index (χ1) is 11.6. The molecule has 7 nitrogen and oxygen atoms in total. The Labute approximate surface area is 143 Å². The van der Waals surface area contributed by atoms with Crippen LogP contribution in [0.5, 0.6) is 0 Å². The SMILES string of the molecule is CC1COC(CO)CN1Cc1csc(-c2cccc([N+](=O)[O-])c2)n1. The first-order valence-corrected chi connectivity index (χ1v) is 8.60. The van der Waals surface area contributed by atoms with Crippen LogP contribution in [0.4, 0.5) is 5.69 Å². The molecule has 1 saturated heterocycles. The van der Waals surface area contributed by atoms with E-state index in [0.29, 0.717) is 19.7 Å². The van der Waals surface area contributed by atoms with E-state index in [2.05, 4.69) is 16.8 Å². The number of aromatic nitrogens is 1. The van der Waals surface area contributed by atoms with Crippen molar-refractivity contribution in [3.63, 3.8) is 0 Å². The molecule has 2 atom stereocenters. The molecular weight excluding hydrogens is 330 g/mol. The number of aliphatic hydroxyl groups is 1. The van der Waals surface area contributed by atoms with Gasteiger partial charge in [-0.15, -0.1) is 11.3 Å². The van der Waals surface area contributed by atoms with Crippen molar-refractivity contribution in [2.75, 3.05) is 19.8 Å². The standard InChI is InChI=1S/C16H19N3O4S/c1-11-9-23-15(8-20)7-18(11)6-13-10-24-16(17-13)12-3-2-4-14(5-12)19(21)22/h2-5,10-11,15,20H,6-9H2,1H3. The van der Waals surface area contributed by atoms with Crippen LogP contribution in [0.1, 0.15) is 12.6 Å². The Hall–Kier alpha value is -1.87. The third kappa shape index (κ3) is 3.78. The minimum Gasteiger partial charge on any atom is -0.394 e. The zero-order valence-electron chi connectivity index (χ0n) is 13.3. The fourth-order valence-electron chi connectivity index (χ4n) is 2.68. The molecule has 1 aliphatic rings. The number of morpholine rings is 1. The van der Waals surface area contributed by atoms with E-state index in [1.54, 1.807) is 12.1 Å². The van der Waals surface area contributed by atoms with Crippen LogP contribution >= 0.6 is 11.3 Å². The third-order valence-corrected chi connectivity index (χ3v) is 5.00. The number of nitro benzene ring substituents is 1. The van der Waals surface area contributed by atoms with E-state index in [1.807, 2.05) is 11.4 Å². The van der Waals surface area contributed by atoms with Gasteiger partial charge in [-0.25, -0.2) is 4.98 Å². The summed E-state index contributed by atoms with van der Waals surface area (Å²) < 4.78 is 5.54. The monoisotopic (exact) mass is 349 g/mol. The number of non-ortho nitro benzene ring substituents is 1. The van der Waals surface area contributed by atoms with Crippen LogP contribution in [0.3, 0.4) is 0 Å². The average molecular weight is 349 g/mol. The van der Waals surface area contributed by atoms with E-state index in [-0.39, 0.29) is 24.4 Å².